The van der Waals surface area contributed by atoms with Crippen molar-refractivity contribution in [2.45, 2.75) is 51.1 Å². The number of anilines is 1. The fourth-order valence-corrected chi connectivity index (χ4v) is 2.59. The summed E-state index contributed by atoms with van der Waals surface area (Å²) in [6.07, 6.45) is 3.71. The number of aromatic nitrogens is 4. The van der Waals surface area contributed by atoms with Gasteiger partial charge < -0.3 is 11.1 Å². The third-order valence-corrected chi connectivity index (χ3v) is 4.05. The van der Waals surface area contributed by atoms with Gasteiger partial charge in [-0.1, -0.05) is 25.5 Å². The number of carbonyl (C=O) groups excluding carboxylic acids is 1. The highest BCUT2D eigenvalue weighted by Gasteiger charge is 2.29. The second-order valence-electron chi connectivity index (χ2n) is 6.38. The highest BCUT2D eigenvalue weighted by molar-refractivity contribution is 5.98. The first-order chi connectivity index (χ1) is 11.0. The molecule has 24 heavy (non-hydrogen) atoms. The van der Waals surface area contributed by atoms with Crippen molar-refractivity contribution in [1.29, 1.82) is 0 Å². The standard InChI is InChI=1S/C16H22N6O.ClH/c1-3-9-16(2,17)15(23)18-12-6-4-5-11(10-12)14-19-20-21-22(14)13-7-8-13;/h4-6,10,13H,3,7-9,17H2,1-2H3,(H,18,23);1H. The summed E-state index contributed by atoms with van der Waals surface area (Å²) in [6.45, 7) is 3.76. The van der Waals surface area contributed by atoms with Gasteiger partial charge in [-0.2, -0.15) is 0 Å². The number of tetrazole rings is 1. The topological polar surface area (TPSA) is 98.7 Å². The van der Waals surface area contributed by atoms with Crippen LogP contribution in [0.3, 0.4) is 0 Å². The number of nitrogens with one attached hydrogen (secondary N) is 1. The lowest BCUT2D eigenvalue weighted by molar-refractivity contribution is -0.120. The Hall–Kier alpha value is -1.99. The zero-order valence-corrected chi connectivity index (χ0v) is 14.7. The molecule has 1 aromatic carbocycles. The average Bonchev–Trinajstić information content (AvgIpc) is 3.24. The predicted octanol–water partition coefficient (Wildman–Crippen LogP) is 2.55. The van der Waals surface area contributed by atoms with Crippen molar-refractivity contribution in [3.05, 3.63) is 24.3 Å². The SMILES string of the molecule is CCCC(C)(N)C(=O)Nc1cccc(-c2nnnn2C2CC2)c1.Cl. The van der Waals surface area contributed by atoms with E-state index < -0.39 is 5.54 Å². The monoisotopic (exact) mass is 350 g/mol. The van der Waals surface area contributed by atoms with Crippen molar-refractivity contribution >= 4 is 24.0 Å². The van der Waals surface area contributed by atoms with Gasteiger partial charge in [0, 0.05) is 11.3 Å². The summed E-state index contributed by atoms with van der Waals surface area (Å²) < 4.78 is 1.85. The molecule has 0 bridgehead atoms. The molecule has 7 nitrogen and oxygen atoms in total. The number of nitrogens with zero attached hydrogens (tertiary/aromatic N) is 4. The van der Waals surface area contributed by atoms with Crippen LogP contribution in [0, 0.1) is 0 Å². The number of nitrogens with two attached hydrogens (primary N) is 1. The number of hydrogen-bond donors (Lipinski definition) is 2. The van der Waals surface area contributed by atoms with Gasteiger partial charge in [0.15, 0.2) is 5.82 Å². The lowest BCUT2D eigenvalue weighted by Gasteiger charge is -2.23. The van der Waals surface area contributed by atoms with Crippen LogP contribution in [0.2, 0.25) is 0 Å². The molecule has 1 aromatic heterocycles. The fraction of sp³-hybridized carbons (Fsp3) is 0.500. The average molecular weight is 351 g/mol. The second-order valence-corrected chi connectivity index (χ2v) is 6.38. The lowest BCUT2D eigenvalue weighted by atomic mass is 9.96. The van der Waals surface area contributed by atoms with Gasteiger partial charge >= 0.3 is 0 Å². The van der Waals surface area contributed by atoms with E-state index in [1.165, 1.54) is 0 Å². The van der Waals surface area contributed by atoms with Crippen LogP contribution in [0.1, 0.15) is 45.6 Å². The van der Waals surface area contributed by atoms with E-state index in [2.05, 4.69) is 20.8 Å². The summed E-state index contributed by atoms with van der Waals surface area (Å²) in [6, 6.07) is 7.94. The van der Waals surface area contributed by atoms with Crippen LogP contribution >= 0.6 is 12.4 Å². The van der Waals surface area contributed by atoms with E-state index in [0.29, 0.717) is 18.2 Å². The van der Waals surface area contributed by atoms with Gasteiger partial charge in [0.25, 0.3) is 0 Å². The molecule has 8 heteroatoms. The van der Waals surface area contributed by atoms with Crippen molar-refractivity contribution < 1.29 is 4.79 Å². The van der Waals surface area contributed by atoms with Crippen LogP contribution in [-0.4, -0.2) is 31.7 Å². The Morgan fingerprint density at radius 2 is 2.21 bits per heavy atom. The normalized spacial score (nSPS) is 16.1. The van der Waals surface area contributed by atoms with Crippen LogP contribution in [-0.2, 0) is 4.79 Å². The van der Waals surface area contributed by atoms with Crippen LogP contribution in [0.4, 0.5) is 5.69 Å². The molecule has 1 aliphatic carbocycles. The van der Waals surface area contributed by atoms with Gasteiger partial charge in [-0.15, -0.1) is 17.5 Å². The summed E-state index contributed by atoms with van der Waals surface area (Å²) >= 11 is 0. The van der Waals surface area contributed by atoms with Crippen molar-refractivity contribution in [1.82, 2.24) is 20.2 Å². The largest absolute Gasteiger partial charge is 0.324 e. The molecule has 1 saturated carbocycles. The van der Waals surface area contributed by atoms with Gasteiger partial charge in [-0.05, 0) is 48.7 Å². The first kappa shape index (κ1) is 18.4. The Balaban J connectivity index is 0.00000208. The molecule has 3 rings (SSSR count). The van der Waals surface area contributed by atoms with Crippen molar-refractivity contribution in [2.24, 2.45) is 5.73 Å². The Labute approximate surface area is 147 Å². The second kappa shape index (κ2) is 7.27. The van der Waals surface area contributed by atoms with Crippen molar-refractivity contribution in [3.63, 3.8) is 0 Å². The van der Waals surface area contributed by atoms with Crippen LogP contribution in [0.15, 0.2) is 24.3 Å². The first-order valence-corrected chi connectivity index (χ1v) is 8.00. The van der Waals surface area contributed by atoms with Crippen LogP contribution in [0.5, 0.6) is 0 Å². The van der Waals surface area contributed by atoms with Crippen LogP contribution < -0.4 is 11.1 Å². The van der Waals surface area contributed by atoms with Gasteiger partial charge in [-0.25, -0.2) is 4.68 Å². The van der Waals surface area contributed by atoms with Gasteiger partial charge in [0.2, 0.25) is 5.91 Å². The molecule has 1 amide bonds. The van der Waals surface area contributed by atoms with E-state index in [1.807, 2.05) is 35.9 Å². The van der Waals surface area contributed by atoms with E-state index in [-0.39, 0.29) is 18.3 Å². The predicted molar refractivity (Wildman–Crippen MR) is 94.9 cm³/mol. The van der Waals surface area contributed by atoms with E-state index in [1.54, 1.807) is 6.92 Å². The van der Waals surface area contributed by atoms with Gasteiger partial charge in [0.1, 0.15) is 0 Å². The molecule has 1 aliphatic rings. The molecule has 1 heterocycles. The number of amides is 1. The van der Waals surface area contributed by atoms with E-state index >= 15 is 0 Å². The Morgan fingerprint density at radius 1 is 1.46 bits per heavy atom. The van der Waals surface area contributed by atoms with E-state index in [0.717, 1.165) is 30.7 Å². The minimum Gasteiger partial charge on any atom is -0.324 e. The summed E-state index contributed by atoms with van der Waals surface area (Å²) in [4.78, 5) is 12.3. The molecule has 130 valence electrons. The van der Waals surface area contributed by atoms with Crippen molar-refractivity contribution in [3.8, 4) is 11.4 Å². The molecular weight excluding hydrogens is 328 g/mol. The summed E-state index contributed by atoms with van der Waals surface area (Å²) in [5.74, 6) is 0.547. The number of rotatable bonds is 6. The van der Waals surface area contributed by atoms with Gasteiger partial charge in [-0.3, -0.25) is 4.79 Å². The molecule has 0 spiro atoms. The maximum atomic E-state index is 12.3. The smallest absolute Gasteiger partial charge is 0.244 e. The molecule has 0 aliphatic heterocycles. The number of carbonyl (C=O) groups is 1. The van der Waals surface area contributed by atoms with E-state index in [4.69, 9.17) is 5.73 Å². The highest BCUT2D eigenvalue weighted by atomic mass is 35.5. The first-order valence-electron chi connectivity index (χ1n) is 8.00. The summed E-state index contributed by atoms with van der Waals surface area (Å²) in [7, 11) is 0. The Bertz CT molecular complexity index is 710. The zero-order valence-electron chi connectivity index (χ0n) is 13.9. The molecule has 2 aromatic rings. The molecule has 0 radical (unpaired) electrons. The zero-order chi connectivity index (χ0) is 16.4. The van der Waals surface area contributed by atoms with E-state index in [9.17, 15) is 4.79 Å². The summed E-state index contributed by atoms with van der Waals surface area (Å²) in [5, 5.41) is 14.8. The molecule has 1 unspecified atom stereocenters. The Kier molecular flexibility index (Phi) is 5.56. The quantitative estimate of drug-likeness (QED) is 0.834. The lowest BCUT2D eigenvalue weighted by Crippen LogP contribution is -2.48. The number of benzene rings is 1. The maximum Gasteiger partial charge on any atom is 0.244 e. The molecule has 0 saturated heterocycles. The molecule has 3 N–H and O–H groups in total. The molecule has 1 fully saturated rings. The highest BCUT2D eigenvalue weighted by Crippen LogP contribution is 2.36. The third-order valence-electron chi connectivity index (χ3n) is 4.05. The number of halogens is 1. The Morgan fingerprint density at radius 3 is 2.88 bits per heavy atom. The maximum absolute atomic E-state index is 12.3. The van der Waals surface area contributed by atoms with Gasteiger partial charge in [0.05, 0.1) is 11.6 Å². The minimum absolute atomic E-state index is 0. The van der Waals surface area contributed by atoms with Crippen LogP contribution in [0.25, 0.3) is 11.4 Å². The summed E-state index contributed by atoms with van der Waals surface area (Å²) in [5.41, 5.74) is 6.78. The third kappa shape index (κ3) is 3.91. The molecular formula is C16H23ClN6O. The molecule has 1 atom stereocenters. The van der Waals surface area contributed by atoms with Crippen molar-refractivity contribution in [2.75, 3.05) is 5.32 Å². The number of hydrogen-bond acceptors (Lipinski definition) is 5. The fourth-order valence-electron chi connectivity index (χ4n) is 2.59. The minimum atomic E-state index is -0.875.